The largest absolute Gasteiger partial charge is 0.481 e. The molecule has 0 radical (unpaired) electrons. The van der Waals surface area contributed by atoms with Crippen LogP contribution in [-0.4, -0.2) is 47.3 Å². The lowest BCUT2D eigenvalue weighted by molar-refractivity contribution is 0.256. The summed E-state index contributed by atoms with van der Waals surface area (Å²) in [7, 11) is 1.32. The summed E-state index contributed by atoms with van der Waals surface area (Å²) in [6, 6.07) is 9.60. The summed E-state index contributed by atoms with van der Waals surface area (Å²) in [4.78, 5) is 18.8. The predicted octanol–water partition coefficient (Wildman–Crippen LogP) is 4.34. The van der Waals surface area contributed by atoms with E-state index in [1.54, 1.807) is 18.2 Å². The van der Waals surface area contributed by atoms with Gasteiger partial charge in [-0.05, 0) is 81.4 Å². The second-order valence-corrected chi connectivity index (χ2v) is 10.2. The van der Waals surface area contributed by atoms with Crippen LogP contribution in [0.3, 0.4) is 0 Å². The number of amides is 2. The molecule has 1 aliphatic rings. The number of nitrogens with zero attached hydrogens (tertiary/aromatic N) is 2. The minimum absolute atomic E-state index is 0.0209. The number of benzene rings is 2. The van der Waals surface area contributed by atoms with E-state index >= 15 is 0 Å². The van der Waals surface area contributed by atoms with Crippen LogP contribution in [0.15, 0.2) is 64.3 Å². The van der Waals surface area contributed by atoms with Gasteiger partial charge in [0.05, 0.1) is 17.7 Å². The van der Waals surface area contributed by atoms with Crippen molar-refractivity contribution in [1.29, 1.82) is 0 Å². The molecule has 0 bridgehead atoms. The normalized spacial score (nSPS) is 14.0. The van der Waals surface area contributed by atoms with Crippen LogP contribution in [-0.2, 0) is 34.1 Å². The van der Waals surface area contributed by atoms with E-state index in [-0.39, 0.29) is 4.90 Å². The highest BCUT2D eigenvalue weighted by Crippen LogP contribution is 2.36. The molecule has 2 aromatic carbocycles. The van der Waals surface area contributed by atoms with E-state index < -0.39 is 16.1 Å². The van der Waals surface area contributed by atoms with Gasteiger partial charge < -0.3 is 15.0 Å². The van der Waals surface area contributed by atoms with Gasteiger partial charge in [-0.15, -0.1) is 0 Å². The van der Waals surface area contributed by atoms with Crippen LogP contribution in [0.2, 0.25) is 0 Å². The molecule has 8 nitrogen and oxygen atoms in total. The lowest BCUT2D eigenvalue weighted by atomic mass is 9.97. The van der Waals surface area contributed by atoms with E-state index in [1.807, 2.05) is 44.1 Å². The van der Waals surface area contributed by atoms with E-state index in [9.17, 15) is 13.2 Å². The number of nitrogens with one attached hydrogen (secondary N) is 2. The van der Waals surface area contributed by atoms with Gasteiger partial charge in [-0.2, -0.15) is 0 Å². The molecule has 0 heterocycles. The van der Waals surface area contributed by atoms with Gasteiger partial charge in [-0.1, -0.05) is 30.3 Å². The van der Waals surface area contributed by atoms with Crippen LogP contribution in [0.5, 0.6) is 0 Å². The zero-order chi connectivity index (χ0) is 25.6. The third kappa shape index (κ3) is 6.37. The highest BCUT2D eigenvalue weighted by atomic mass is 32.2. The number of hydrogen-bond donors (Lipinski definition) is 2. The van der Waals surface area contributed by atoms with Crippen LogP contribution < -0.4 is 10.0 Å². The van der Waals surface area contributed by atoms with E-state index in [0.717, 1.165) is 47.1 Å². The number of urea groups is 1. The first-order valence-corrected chi connectivity index (χ1v) is 12.8. The van der Waals surface area contributed by atoms with Crippen molar-refractivity contribution >= 4 is 34.0 Å². The summed E-state index contributed by atoms with van der Waals surface area (Å²) in [6.45, 7) is 6.06. The Labute approximate surface area is 207 Å². The fourth-order valence-corrected chi connectivity index (χ4v) is 5.03. The van der Waals surface area contributed by atoms with Crippen molar-refractivity contribution < 1.29 is 17.9 Å². The maximum absolute atomic E-state index is 12.9. The fraction of sp³-hybridized carbons (Fsp3) is 0.308. The van der Waals surface area contributed by atoms with Crippen molar-refractivity contribution in [3.05, 3.63) is 76.7 Å². The van der Waals surface area contributed by atoms with Crippen molar-refractivity contribution in [3.63, 3.8) is 0 Å². The molecule has 35 heavy (non-hydrogen) atoms. The summed E-state index contributed by atoms with van der Waals surface area (Å²) in [5, 5.41) is 2.81. The minimum atomic E-state index is -4.05. The Balaban J connectivity index is 1.89. The number of ether oxygens (including phenoxy) is 1. The Hall–Kier alpha value is -3.43. The van der Waals surface area contributed by atoms with Crippen molar-refractivity contribution in [2.45, 2.75) is 37.6 Å². The van der Waals surface area contributed by atoms with Crippen LogP contribution in [0.4, 0.5) is 10.5 Å². The fourth-order valence-electron chi connectivity index (χ4n) is 4.13. The number of carbonyl (C=O) groups excluding carboxylic acids is 1. The van der Waals surface area contributed by atoms with Crippen molar-refractivity contribution in [1.82, 2.24) is 9.62 Å². The third-order valence-corrected chi connectivity index (χ3v) is 7.09. The maximum atomic E-state index is 12.9. The maximum Gasteiger partial charge on any atom is 0.333 e. The first kappa shape index (κ1) is 26.2. The molecule has 3 rings (SSSR count). The highest BCUT2D eigenvalue weighted by molar-refractivity contribution is 7.90. The Kier molecular flexibility index (Phi) is 8.48. The molecule has 0 aromatic heterocycles. The molecular formula is C26H32N4O4S. The highest BCUT2D eigenvalue weighted by Gasteiger charge is 2.23. The second kappa shape index (κ2) is 11.3. The summed E-state index contributed by atoms with van der Waals surface area (Å²) in [5.41, 5.74) is 5.20. The minimum Gasteiger partial charge on any atom is -0.481 e. The number of sulfonamides is 1. The molecule has 0 fully saturated rings. The molecule has 0 saturated carbocycles. The smallest absolute Gasteiger partial charge is 0.333 e. The number of aryl methyl sites for hydroxylation is 1. The summed E-state index contributed by atoms with van der Waals surface area (Å²) < 4.78 is 33.1. The molecular weight excluding hydrogens is 464 g/mol. The number of fused-ring (bicyclic) bond motifs is 1. The first-order valence-electron chi connectivity index (χ1n) is 11.3. The van der Waals surface area contributed by atoms with Gasteiger partial charge in [0.1, 0.15) is 0 Å². The van der Waals surface area contributed by atoms with Crippen molar-refractivity contribution in [2.75, 3.05) is 26.5 Å². The molecule has 0 saturated heterocycles. The molecule has 2 N–H and O–H groups in total. The average molecular weight is 497 g/mol. The number of carbonyl (C=O) groups is 1. The van der Waals surface area contributed by atoms with Crippen LogP contribution in [0, 0.1) is 0 Å². The van der Waals surface area contributed by atoms with Gasteiger partial charge in [0.15, 0.2) is 0 Å². The van der Waals surface area contributed by atoms with Gasteiger partial charge in [0.2, 0.25) is 5.88 Å². The average Bonchev–Trinajstić information content (AvgIpc) is 3.29. The Morgan fingerprint density at radius 3 is 2.49 bits per heavy atom. The summed E-state index contributed by atoms with van der Waals surface area (Å²) in [6.07, 6.45) is 6.25. The van der Waals surface area contributed by atoms with Gasteiger partial charge in [0.25, 0.3) is 10.0 Å². The number of rotatable bonds is 9. The molecule has 0 atom stereocenters. The third-order valence-electron chi connectivity index (χ3n) is 5.75. The van der Waals surface area contributed by atoms with Crippen molar-refractivity contribution in [3.8, 4) is 0 Å². The number of methoxy groups -OCH3 is 1. The summed E-state index contributed by atoms with van der Waals surface area (Å²) in [5.74, 6) is 0.328. The number of aliphatic imine (C=N–C) groups is 1. The lowest BCUT2D eigenvalue weighted by Gasteiger charge is -2.17. The molecule has 0 spiro atoms. The number of hydrogen-bond acceptors (Lipinski definition) is 6. The van der Waals surface area contributed by atoms with Crippen LogP contribution in [0.1, 0.15) is 35.6 Å². The van der Waals surface area contributed by atoms with Gasteiger partial charge >= 0.3 is 6.03 Å². The molecule has 2 aromatic rings. The molecule has 186 valence electrons. The molecule has 2 amide bonds. The van der Waals surface area contributed by atoms with E-state index in [1.165, 1.54) is 19.2 Å². The first-order chi connectivity index (χ1) is 16.7. The summed E-state index contributed by atoms with van der Waals surface area (Å²) >= 11 is 0. The standard InChI is InChI=1S/C26H32N4O4S/c1-6-19(16-24(27-2)34-5)23-15-12-20-8-7-9-22(20)25(23)28-26(31)29-35(32,33)21-13-10-18(11-14-21)17-30(3)4/h6,10-16H,2,7-9,17H2,1,3-5H3,(H2,28,29,31)/b19-6+,24-16+. The van der Waals surface area contributed by atoms with Gasteiger partial charge in [-0.25, -0.2) is 22.9 Å². The van der Waals surface area contributed by atoms with Gasteiger partial charge in [-0.3, -0.25) is 0 Å². The molecule has 0 unspecified atom stereocenters. The van der Waals surface area contributed by atoms with E-state index in [0.29, 0.717) is 18.1 Å². The molecule has 0 aliphatic heterocycles. The van der Waals surface area contributed by atoms with Crippen LogP contribution in [0.25, 0.3) is 5.57 Å². The van der Waals surface area contributed by atoms with Crippen molar-refractivity contribution in [2.24, 2.45) is 4.99 Å². The number of anilines is 1. The molecule has 1 aliphatic carbocycles. The Morgan fingerprint density at radius 2 is 1.89 bits per heavy atom. The van der Waals surface area contributed by atoms with E-state index in [4.69, 9.17) is 4.74 Å². The van der Waals surface area contributed by atoms with E-state index in [2.05, 4.69) is 21.7 Å². The predicted molar refractivity (Wildman–Crippen MR) is 140 cm³/mol. The topological polar surface area (TPSA) is 100 Å². The Morgan fingerprint density at radius 1 is 1.17 bits per heavy atom. The number of allylic oxidation sites excluding steroid dienone is 3. The zero-order valence-corrected chi connectivity index (χ0v) is 21.4. The SMILES string of the molecule is C=N/C(=C\C(=C/C)c1ccc2c(c1NC(=O)NS(=O)(=O)c1ccc(CN(C)C)cc1)CCC2)OC. The quantitative estimate of drug-likeness (QED) is 0.306. The molecule has 9 heteroatoms. The second-order valence-electron chi connectivity index (χ2n) is 8.51. The van der Waals surface area contributed by atoms with Crippen LogP contribution >= 0.6 is 0 Å². The van der Waals surface area contributed by atoms with Gasteiger partial charge in [0, 0.05) is 18.2 Å². The zero-order valence-electron chi connectivity index (χ0n) is 20.6. The lowest BCUT2D eigenvalue weighted by Crippen LogP contribution is -2.35. The monoisotopic (exact) mass is 496 g/mol. The Bertz CT molecular complexity index is 1260.